The maximum Gasteiger partial charge on any atom is 0.420 e. The molecule has 0 unspecified atom stereocenters. The molecule has 1 aliphatic rings. The zero-order valence-electron chi connectivity index (χ0n) is 15.4. The van der Waals surface area contributed by atoms with E-state index in [9.17, 15) is 4.79 Å². The Kier molecular flexibility index (Phi) is 5.98. The van der Waals surface area contributed by atoms with Crippen LogP contribution in [0.15, 0.2) is 48.1 Å². The summed E-state index contributed by atoms with van der Waals surface area (Å²) in [4.78, 5) is 16.3. The van der Waals surface area contributed by atoms with Crippen molar-refractivity contribution in [3.05, 3.63) is 64.3 Å². The van der Waals surface area contributed by atoms with E-state index in [0.717, 1.165) is 23.6 Å². The van der Waals surface area contributed by atoms with Crippen LogP contribution in [0, 0.1) is 5.92 Å². The molecule has 1 aromatic carbocycles. The maximum atomic E-state index is 12.3. The van der Waals surface area contributed by atoms with Gasteiger partial charge in [0.1, 0.15) is 0 Å². The average Bonchev–Trinajstić information content (AvgIpc) is 3.42. The van der Waals surface area contributed by atoms with Gasteiger partial charge >= 0.3 is 6.09 Å². The van der Waals surface area contributed by atoms with E-state index in [-0.39, 0.29) is 0 Å². The predicted octanol–water partition coefficient (Wildman–Crippen LogP) is 5.99. The van der Waals surface area contributed by atoms with E-state index < -0.39 is 6.09 Å². The van der Waals surface area contributed by atoms with Crippen molar-refractivity contribution in [1.82, 2.24) is 9.55 Å². The van der Waals surface area contributed by atoms with Crippen LogP contribution in [0.2, 0.25) is 5.02 Å². The number of nitrogens with one attached hydrogen (secondary N) is 1. The number of thiazole rings is 1. The molecule has 0 atom stereocenters. The van der Waals surface area contributed by atoms with Crippen LogP contribution < -0.4 is 10.1 Å². The zero-order chi connectivity index (χ0) is 19.3. The summed E-state index contributed by atoms with van der Waals surface area (Å²) in [6.07, 6.45) is 9.02. The second-order valence-corrected chi connectivity index (χ2v) is 8.48. The van der Waals surface area contributed by atoms with Crippen molar-refractivity contribution in [1.29, 1.82) is 0 Å². The molecule has 5 nitrogen and oxygen atoms in total. The highest BCUT2D eigenvalue weighted by Crippen LogP contribution is 2.29. The first-order valence-electron chi connectivity index (χ1n) is 9.47. The lowest BCUT2D eigenvalue weighted by Gasteiger charge is -2.13. The largest absolute Gasteiger partial charge is 0.420 e. The van der Waals surface area contributed by atoms with Gasteiger partial charge in [-0.25, -0.2) is 9.78 Å². The highest BCUT2D eigenvalue weighted by molar-refractivity contribution is 7.13. The van der Waals surface area contributed by atoms with E-state index in [1.807, 2.05) is 35.7 Å². The zero-order valence-corrected chi connectivity index (χ0v) is 17.0. The summed E-state index contributed by atoms with van der Waals surface area (Å²) in [7, 11) is 0. The van der Waals surface area contributed by atoms with Gasteiger partial charge in [-0.1, -0.05) is 36.6 Å². The second-order valence-electron chi connectivity index (χ2n) is 7.14. The minimum Gasteiger partial charge on any atom is -0.393 e. The average molecular weight is 416 g/mol. The molecule has 1 aliphatic carbocycles. The van der Waals surface area contributed by atoms with Gasteiger partial charge in [0.25, 0.3) is 0 Å². The van der Waals surface area contributed by atoms with Crippen LogP contribution in [0.1, 0.15) is 36.8 Å². The minimum atomic E-state index is -0.515. The Morgan fingerprint density at radius 1 is 1.25 bits per heavy atom. The number of hydrogen-bond donors (Lipinski definition) is 1. The number of anilines is 1. The molecule has 0 bridgehead atoms. The summed E-state index contributed by atoms with van der Waals surface area (Å²) in [6.45, 7) is 0.875. The van der Waals surface area contributed by atoms with E-state index in [1.165, 1.54) is 42.6 Å². The van der Waals surface area contributed by atoms with Gasteiger partial charge in [-0.2, -0.15) is 0 Å². The fourth-order valence-electron chi connectivity index (χ4n) is 3.67. The van der Waals surface area contributed by atoms with Crippen LogP contribution in [0.5, 0.6) is 5.88 Å². The third-order valence-electron chi connectivity index (χ3n) is 5.00. The van der Waals surface area contributed by atoms with Crippen LogP contribution in [-0.4, -0.2) is 15.6 Å². The molecule has 2 aromatic heterocycles. The third-order valence-corrected chi connectivity index (χ3v) is 5.94. The number of carbonyl (C=O) groups excluding carboxylic acids is 1. The van der Waals surface area contributed by atoms with Crippen LogP contribution >= 0.6 is 22.9 Å². The summed E-state index contributed by atoms with van der Waals surface area (Å²) >= 11 is 7.34. The summed E-state index contributed by atoms with van der Waals surface area (Å²) in [5, 5.41) is 5.74. The van der Waals surface area contributed by atoms with Gasteiger partial charge < -0.3 is 9.30 Å². The van der Waals surface area contributed by atoms with Crippen LogP contribution in [-0.2, 0) is 13.0 Å². The first-order chi connectivity index (χ1) is 13.7. The molecular formula is C21H22ClN3O2S. The number of aromatic nitrogens is 2. The van der Waals surface area contributed by atoms with Crippen molar-refractivity contribution in [2.45, 2.75) is 38.6 Å². The smallest absolute Gasteiger partial charge is 0.393 e. The van der Waals surface area contributed by atoms with Crippen molar-refractivity contribution >= 4 is 34.2 Å². The Balaban J connectivity index is 1.50. The van der Waals surface area contributed by atoms with Crippen LogP contribution in [0.4, 0.5) is 9.93 Å². The minimum absolute atomic E-state index is 0.515. The van der Waals surface area contributed by atoms with E-state index >= 15 is 0 Å². The molecule has 0 saturated heterocycles. The van der Waals surface area contributed by atoms with E-state index in [1.54, 1.807) is 6.20 Å². The van der Waals surface area contributed by atoms with Crippen molar-refractivity contribution in [2.75, 3.05) is 5.32 Å². The van der Waals surface area contributed by atoms with Gasteiger partial charge in [-0.3, -0.25) is 5.32 Å². The summed E-state index contributed by atoms with van der Waals surface area (Å²) < 4.78 is 7.70. The first kappa shape index (κ1) is 19.0. The molecule has 7 heteroatoms. The number of carbonyl (C=O) groups is 1. The maximum absolute atomic E-state index is 12.3. The lowest BCUT2D eigenvalue weighted by Crippen LogP contribution is -2.19. The Morgan fingerprint density at radius 2 is 2.04 bits per heavy atom. The number of benzene rings is 1. The molecule has 1 fully saturated rings. The van der Waals surface area contributed by atoms with Crippen molar-refractivity contribution in [2.24, 2.45) is 5.92 Å². The molecule has 28 heavy (non-hydrogen) atoms. The Bertz CT molecular complexity index is 916. The normalized spacial score (nSPS) is 14.3. The molecule has 0 aliphatic heterocycles. The molecule has 146 valence electrons. The number of amides is 1. The molecule has 1 amide bonds. The molecular weight excluding hydrogens is 394 g/mol. The van der Waals surface area contributed by atoms with Gasteiger partial charge in [0.15, 0.2) is 5.13 Å². The van der Waals surface area contributed by atoms with Crippen molar-refractivity contribution in [3.8, 4) is 5.88 Å². The summed E-state index contributed by atoms with van der Waals surface area (Å²) in [5.41, 5.74) is 2.28. The quantitative estimate of drug-likeness (QED) is 0.537. The molecule has 0 spiro atoms. The number of hydrogen-bond acceptors (Lipinski definition) is 4. The molecule has 2 heterocycles. The van der Waals surface area contributed by atoms with E-state index in [2.05, 4.69) is 21.1 Å². The second kappa shape index (κ2) is 8.80. The van der Waals surface area contributed by atoms with Gasteiger partial charge in [-0.05, 0) is 48.4 Å². The molecule has 3 aromatic rings. The van der Waals surface area contributed by atoms with Crippen LogP contribution in [0.3, 0.4) is 0 Å². The Morgan fingerprint density at radius 3 is 2.75 bits per heavy atom. The van der Waals surface area contributed by atoms with Gasteiger partial charge in [0.05, 0.1) is 0 Å². The number of ether oxygens (including phenoxy) is 1. The Labute approximate surface area is 173 Å². The monoisotopic (exact) mass is 415 g/mol. The molecule has 4 rings (SSSR count). The van der Waals surface area contributed by atoms with Gasteiger partial charge in [0, 0.05) is 35.4 Å². The highest BCUT2D eigenvalue weighted by atomic mass is 35.5. The first-order valence-corrected chi connectivity index (χ1v) is 10.7. The van der Waals surface area contributed by atoms with E-state index in [0.29, 0.717) is 16.9 Å². The lowest BCUT2D eigenvalue weighted by molar-refractivity contribution is 0.210. The topological polar surface area (TPSA) is 56.1 Å². The van der Waals surface area contributed by atoms with Crippen molar-refractivity contribution in [3.63, 3.8) is 0 Å². The summed E-state index contributed by atoms with van der Waals surface area (Å²) in [5.74, 6) is 1.21. The molecule has 1 N–H and O–H groups in total. The van der Waals surface area contributed by atoms with Crippen LogP contribution in [0.25, 0.3) is 0 Å². The van der Waals surface area contributed by atoms with E-state index in [4.69, 9.17) is 16.3 Å². The number of nitrogens with zero attached hydrogens (tertiary/aromatic N) is 2. The number of halogens is 1. The Hall–Kier alpha value is -2.31. The molecule has 0 radical (unpaired) electrons. The fourth-order valence-corrected chi connectivity index (χ4v) is 4.31. The highest BCUT2D eigenvalue weighted by Gasteiger charge is 2.19. The standard InChI is InChI=1S/C21H22ClN3O2S/c22-18-7-5-15(6-8-18)11-17-12-19(25(14-17)13-16-3-1-2-4-16)27-21(26)24-20-23-9-10-28-20/h5-10,12,14,16H,1-4,11,13H2,(H,23,24,26). The third kappa shape index (κ3) is 4.94. The predicted molar refractivity (Wildman–Crippen MR) is 112 cm³/mol. The lowest BCUT2D eigenvalue weighted by atomic mass is 10.1. The van der Waals surface area contributed by atoms with Gasteiger partial charge in [0.2, 0.25) is 5.88 Å². The summed E-state index contributed by atoms with van der Waals surface area (Å²) in [6, 6.07) is 9.78. The van der Waals surface area contributed by atoms with Crippen molar-refractivity contribution < 1.29 is 9.53 Å². The number of rotatable bonds is 6. The molecule has 1 saturated carbocycles. The van der Waals surface area contributed by atoms with Gasteiger partial charge in [-0.15, -0.1) is 11.3 Å². The SMILES string of the molecule is O=C(Nc1nccs1)Oc1cc(Cc2ccc(Cl)cc2)cn1CC1CCCC1. The fraction of sp³-hybridized carbons (Fsp3) is 0.333.